The van der Waals surface area contributed by atoms with Crippen molar-refractivity contribution in [3.8, 4) is 20.9 Å². The molecule has 0 spiro atoms. The number of halogens is 3. The van der Waals surface area contributed by atoms with Crippen molar-refractivity contribution in [2.75, 3.05) is 10.6 Å². The molecule has 6 aromatic rings. The quantitative estimate of drug-likeness (QED) is 0.0707. The van der Waals surface area contributed by atoms with Crippen LogP contribution in [0.4, 0.5) is 34.8 Å². The first-order valence-electron chi connectivity index (χ1n) is 16.9. The molecule has 18 heteroatoms. The first-order chi connectivity index (χ1) is 26.6. The minimum atomic E-state index is -4.60. The fraction of sp³-hybridized carbons (Fsp3) is 0.179. The molecule has 6 rings (SSSR count). The Balaban J connectivity index is 1.26. The van der Waals surface area contributed by atoms with Gasteiger partial charge in [-0.05, 0) is 100 Å². The summed E-state index contributed by atoms with van der Waals surface area (Å²) in [5.74, 6) is -4.27. The number of hydrogen-bond acceptors (Lipinski definition) is 12. The van der Waals surface area contributed by atoms with Crippen LogP contribution in [0.1, 0.15) is 65.2 Å². The van der Waals surface area contributed by atoms with E-state index in [0.717, 1.165) is 53.1 Å². The molecule has 12 nitrogen and oxygen atoms in total. The summed E-state index contributed by atoms with van der Waals surface area (Å²) >= 11 is 1.77. The Kier molecular flexibility index (Phi) is 11.0. The fourth-order valence-electron chi connectivity index (χ4n) is 5.53. The van der Waals surface area contributed by atoms with E-state index in [2.05, 4.69) is 20.6 Å². The van der Waals surface area contributed by atoms with Crippen molar-refractivity contribution in [3.05, 3.63) is 124 Å². The summed E-state index contributed by atoms with van der Waals surface area (Å²) < 4.78 is 74.8. The number of aliphatic hydroxyl groups is 2. The summed E-state index contributed by atoms with van der Waals surface area (Å²) in [4.78, 5) is 34.3. The van der Waals surface area contributed by atoms with Crippen molar-refractivity contribution >= 4 is 66.1 Å². The van der Waals surface area contributed by atoms with Crippen LogP contribution in [-0.4, -0.2) is 40.4 Å². The molecule has 0 aliphatic heterocycles. The number of aryl methyl sites for hydroxylation is 1. The van der Waals surface area contributed by atoms with Crippen molar-refractivity contribution < 1.29 is 41.4 Å². The van der Waals surface area contributed by atoms with E-state index in [9.17, 15) is 28.2 Å². The van der Waals surface area contributed by atoms with Gasteiger partial charge in [-0.3, -0.25) is 9.59 Å². The van der Waals surface area contributed by atoms with E-state index in [-0.39, 0.29) is 48.8 Å². The third-order valence-corrected chi connectivity index (χ3v) is 12.0. The van der Waals surface area contributed by atoms with Crippen LogP contribution in [0.15, 0.2) is 83.9 Å². The molecule has 0 saturated carbocycles. The number of carbonyl (C=O) groups is 2. The van der Waals surface area contributed by atoms with E-state index in [1.807, 2.05) is 4.72 Å². The second kappa shape index (κ2) is 15.4. The maximum Gasteiger partial charge on any atom is 0.268 e. The summed E-state index contributed by atoms with van der Waals surface area (Å²) in [7, 11) is -4.60. The molecule has 7 N–H and O–H groups in total. The highest BCUT2D eigenvalue weighted by Gasteiger charge is 2.28. The summed E-state index contributed by atoms with van der Waals surface area (Å²) in [5.41, 5.74) is 3.12. The van der Waals surface area contributed by atoms with Crippen LogP contribution in [0.5, 0.6) is 0 Å². The zero-order valence-electron chi connectivity index (χ0n) is 30.9. The molecule has 0 unspecified atom stereocenters. The fourth-order valence-corrected chi connectivity index (χ4v) is 8.65. The number of nitrogens with two attached hydrogens (primary N) is 1. The van der Waals surface area contributed by atoms with Gasteiger partial charge in [0.05, 0.1) is 27.9 Å². The minimum Gasteiger partial charge on any atom is -0.386 e. The molecule has 4 heterocycles. The second-order valence-corrected chi connectivity index (χ2v) is 17.7. The van der Waals surface area contributed by atoms with Gasteiger partial charge in [0.15, 0.2) is 0 Å². The molecule has 0 radical (unpaired) electrons. The Hall–Kier alpha value is -5.66. The van der Waals surface area contributed by atoms with Gasteiger partial charge in [0, 0.05) is 27.2 Å². The molecular weight excluding hydrogens is 802 g/mol. The van der Waals surface area contributed by atoms with E-state index in [4.69, 9.17) is 5.73 Å². The molecule has 296 valence electrons. The Labute approximate surface area is 333 Å². The topological polar surface area (TPSA) is 197 Å². The molecule has 0 aliphatic carbocycles. The normalized spacial score (nSPS) is 12.0. The van der Waals surface area contributed by atoms with Gasteiger partial charge in [-0.25, -0.2) is 36.3 Å². The molecule has 0 aliphatic rings. The maximum absolute atomic E-state index is 15.4. The summed E-state index contributed by atoms with van der Waals surface area (Å²) in [5, 5.41) is 26.6. The zero-order valence-corrected chi connectivity index (χ0v) is 33.3. The Morgan fingerprint density at radius 3 is 1.93 bits per heavy atom. The van der Waals surface area contributed by atoms with Gasteiger partial charge in [0.2, 0.25) is 0 Å². The molecule has 2 amide bonds. The minimum absolute atomic E-state index is 0.0140. The first kappa shape index (κ1) is 41.0. The number of anilines is 4. The molecule has 2 aromatic carbocycles. The molecule has 0 saturated heterocycles. The third kappa shape index (κ3) is 9.00. The Bertz CT molecular complexity index is 2630. The molecule has 4 aromatic heterocycles. The van der Waals surface area contributed by atoms with Gasteiger partial charge in [0.25, 0.3) is 21.8 Å². The van der Waals surface area contributed by atoms with E-state index in [1.165, 1.54) is 52.0 Å². The van der Waals surface area contributed by atoms with Crippen molar-refractivity contribution in [1.82, 2.24) is 14.7 Å². The lowest BCUT2D eigenvalue weighted by Crippen LogP contribution is -2.30. The van der Waals surface area contributed by atoms with Gasteiger partial charge in [-0.1, -0.05) is 18.2 Å². The number of amides is 2. The standard InChI is InChI=1S/C39H35F3N6O6S3/c1-19-7-6-8-32(45-19)47-37-25(17-30(56-37)33-27(41)14-21(15-28(33)42)39(4,5)52)35(50)48-57(53,54)22-10-12-31(44-18-22)46-36-24(34(43)49)16-29(55-36)23-11-9-20(13-26(23)40)38(2,3)51/h6-18,51-52H,1-5H3,(H2,43,49)(H,44,46)(H,45,47)(H,48,50). The number of pyridine rings is 2. The average molecular weight is 837 g/mol. The van der Waals surface area contributed by atoms with Crippen LogP contribution in [0, 0.1) is 24.4 Å². The lowest BCUT2D eigenvalue weighted by Gasteiger charge is -2.18. The van der Waals surface area contributed by atoms with E-state index in [0.29, 0.717) is 16.1 Å². The number of rotatable bonds is 12. The van der Waals surface area contributed by atoms with Crippen LogP contribution in [-0.2, 0) is 21.2 Å². The lowest BCUT2D eigenvalue weighted by atomic mass is 9.96. The van der Waals surface area contributed by atoms with Crippen LogP contribution < -0.4 is 21.1 Å². The monoisotopic (exact) mass is 836 g/mol. The summed E-state index contributed by atoms with van der Waals surface area (Å²) in [6.45, 7) is 7.50. The molecule has 0 fully saturated rings. The highest BCUT2D eigenvalue weighted by Crippen LogP contribution is 2.41. The number of thiophene rings is 2. The maximum atomic E-state index is 15.4. The van der Waals surface area contributed by atoms with E-state index in [1.54, 1.807) is 31.2 Å². The van der Waals surface area contributed by atoms with Crippen molar-refractivity contribution in [2.24, 2.45) is 5.73 Å². The van der Waals surface area contributed by atoms with Gasteiger partial charge in [0.1, 0.15) is 44.0 Å². The largest absolute Gasteiger partial charge is 0.386 e. The Morgan fingerprint density at radius 2 is 1.35 bits per heavy atom. The molecule has 0 atom stereocenters. The van der Waals surface area contributed by atoms with Gasteiger partial charge in [-0.15, -0.1) is 22.7 Å². The molecular formula is C39H35F3N6O6S3. The van der Waals surface area contributed by atoms with Crippen LogP contribution in [0.3, 0.4) is 0 Å². The number of aromatic nitrogens is 2. The smallest absolute Gasteiger partial charge is 0.268 e. The predicted molar refractivity (Wildman–Crippen MR) is 213 cm³/mol. The highest BCUT2D eigenvalue weighted by molar-refractivity contribution is 7.90. The zero-order chi connectivity index (χ0) is 41.6. The Morgan fingerprint density at radius 1 is 0.754 bits per heavy atom. The number of primary amides is 1. The summed E-state index contributed by atoms with van der Waals surface area (Å²) in [6.07, 6.45) is 0.954. The van der Waals surface area contributed by atoms with Crippen molar-refractivity contribution in [3.63, 3.8) is 0 Å². The average Bonchev–Trinajstić information content (AvgIpc) is 3.72. The van der Waals surface area contributed by atoms with Gasteiger partial charge >= 0.3 is 0 Å². The number of benzene rings is 2. The van der Waals surface area contributed by atoms with Crippen LogP contribution in [0.2, 0.25) is 0 Å². The molecule has 0 bridgehead atoms. The van der Waals surface area contributed by atoms with Gasteiger partial charge < -0.3 is 26.6 Å². The van der Waals surface area contributed by atoms with E-state index >= 15 is 13.2 Å². The van der Waals surface area contributed by atoms with Crippen molar-refractivity contribution in [2.45, 2.75) is 50.7 Å². The second-order valence-electron chi connectivity index (χ2n) is 13.9. The van der Waals surface area contributed by atoms with Crippen molar-refractivity contribution in [1.29, 1.82) is 0 Å². The first-order valence-corrected chi connectivity index (χ1v) is 20.1. The number of nitrogens with one attached hydrogen (secondary N) is 3. The van der Waals surface area contributed by atoms with Crippen LogP contribution in [0.25, 0.3) is 20.9 Å². The molecule has 57 heavy (non-hydrogen) atoms. The van der Waals surface area contributed by atoms with E-state index < -0.39 is 61.0 Å². The van der Waals surface area contributed by atoms with Crippen LogP contribution >= 0.6 is 22.7 Å². The number of nitrogens with zero attached hydrogens (tertiary/aromatic N) is 2. The third-order valence-electron chi connectivity index (χ3n) is 8.56. The SMILES string of the molecule is Cc1cccc(Nc2sc(-c3c(F)cc(C(C)(C)O)cc3F)cc2C(=O)NS(=O)(=O)c2ccc(Nc3sc(-c4ccc(C(C)(C)O)cc4F)cc3C(N)=O)nc2)n1. The summed E-state index contributed by atoms with van der Waals surface area (Å²) in [6, 6.07) is 16.1. The number of carbonyl (C=O) groups excluding carboxylic acids is 2. The lowest BCUT2D eigenvalue weighted by molar-refractivity contribution is 0.0775. The highest BCUT2D eigenvalue weighted by atomic mass is 32.2. The number of hydrogen-bond donors (Lipinski definition) is 6. The predicted octanol–water partition coefficient (Wildman–Crippen LogP) is 7.82. The number of sulfonamides is 1. The van der Waals surface area contributed by atoms with Gasteiger partial charge in [-0.2, -0.15) is 0 Å².